The topological polar surface area (TPSA) is 57.5 Å². The molecular weight excluding hydrogens is 420 g/mol. The highest BCUT2D eigenvalue weighted by molar-refractivity contribution is 5.91. The van der Waals surface area contributed by atoms with Gasteiger partial charge in [0.05, 0.1) is 5.57 Å². The number of hydrogen-bond acceptors (Lipinski definition) is 2. The Morgan fingerprint density at radius 1 is 0.824 bits per heavy atom. The molecule has 0 saturated heterocycles. The quantitative estimate of drug-likeness (QED) is 0.370. The van der Waals surface area contributed by atoms with Crippen LogP contribution in [0, 0.1) is 5.41 Å². The lowest BCUT2D eigenvalue weighted by atomic mass is 9.57. The molecule has 4 rings (SSSR count). The molecule has 0 radical (unpaired) electrons. The van der Waals surface area contributed by atoms with Gasteiger partial charge in [-0.25, -0.2) is 4.79 Å². The van der Waals surface area contributed by atoms with Gasteiger partial charge in [-0.05, 0) is 53.4 Å². The number of aliphatic carboxylic acids is 1. The molecule has 1 aliphatic rings. The van der Waals surface area contributed by atoms with Crippen molar-refractivity contribution in [3.05, 3.63) is 131 Å². The van der Waals surface area contributed by atoms with Crippen LogP contribution < -0.4 is 0 Å². The van der Waals surface area contributed by atoms with Crippen LogP contribution in [0.5, 0.6) is 0 Å². The Labute approximate surface area is 202 Å². The summed E-state index contributed by atoms with van der Waals surface area (Å²) in [6.45, 7) is 4.43. The van der Waals surface area contributed by atoms with Crippen LogP contribution in [0.2, 0.25) is 0 Å². The zero-order chi connectivity index (χ0) is 24.1. The van der Waals surface area contributed by atoms with Gasteiger partial charge in [0, 0.05) is 5.41 Å². The first kappa shape index (κ1) is 23.6. The zero-order valence-electron chi connectivity index (χ0n) is 19.8. The van der Waals surface area contributed by atoms with E-state index in [1.165, 1.54) is 11.1 Å². The number of carbonyl (C=O) groups is 1. The van der Waals surface area contributed by atoms with Crippen molar-refractivity contribution in [2.75, 3.05) is 0 Å². The molecule has 2 N–H and O–H groups in total. The molecule has 4 unspecified atom stereocenters. The molecule has 3 aromatic carbocycles. The van der Waals surface area contributed by atoms with Crippen molar-refractivity contribution in [2.24, 2.45) is 5.41 Å². The van der Waals surface area contributed by atoms with Crippen LogP contribution in [0.25, 0.3) is 0 Å². The van der Waals surface area contributed by atoms with Crippen molar-refractivity contribution in [1.29, 1.82) is 0 Å². The third-order valence-corrected chi connectivity index (χ3v) is 7.48. The number of benzene rings is 3. The molecule has 3 nitrogen and oxygen atoms in total. The number of hydrogen-bond donors (Lipinski definition) is 2. The first-order chi connectivity index (χ1) is 16.4. The highest BCUT2D eigenvalue weighted by atomic mass is 16.4. The molecule has 0 bridgehead atoms. The Bertz CT molecular complexity index is 1170. The normalized spacial score (nSPS) is 20.5. The van der Waals surface area contributed by atoms with E-state index in [2.05, 4.69) is 62.4 Å². The lowest BCUT2D eigenvalue weighted by molar-refractivity contribution is -0.132. The van der Waals surface area contributed by atoms with Crippen LogP contribution >= 0.6 is 0 Å². The fourth-order valence-corrected chi connectivity index (χ4v) is 5.48. The van der Waals surface area contributed by atoms with E-state index in [1.54, 1.807) is 6.08 Å². The van der Waals surface area contributed by atoms with E-state index in [0.717, 1.165) is 12.0 Å². The van der Waals surface area contributed by atoms with Crippen molar-refractivity contribution in [2.45, 2.75) is 44.4 Å². The summed E-state index contributed by atoms with van der Waals surface area (Å²) < 4.78 is 0. The van der Waals surface area contributed by atoms with Crippen molar-refractivity contribution < 1.29 is 15.0 Å². The summed E-state index contributed by atoms with van der Waals surface area (Å²) in [5.74, 6) is -0.905. The predicted octanol–water partition coefficient (Wildman–Crippen LogP) is 7.61. The van der Waals surface area contributed by atoms with Crippen LogP contribution in [0.1, 0.15) is 61.1 Å². The number of rotatable bonds is 8. The first-order valence-electron chi connectivity index (χ1n) is 11.9. The second kappa shape index (κ2) is 10.1. The van der Waals surface area contributed by atoms with Gasteiger partial charge in [-0.2, -0.15) is 0 Å². The number of allylic oxidation sites excluding steroid dienone is 2. The van der Waals surface area contributed by atoms with Crippen molar-refractivity contribution >= 4 is 5.97 Å². The third-order valence-electron chi connectivity index (χ3n) is 7.48. The summed E-state index contributed by atoms with van der Waals surface area (Å²) in [5, 5.41) is 20.4. The summed E-state index contributed by atoms with van der Waals surface area (Å²) >= 11 is 0. The van der Waals surface area contributed by atoms with Crippen LogP contribution in [0.4, 0.5) is 0 Å². The van der Waals surface area contributed by atoms with Crippen LogP contribution in [-0.2, 0) is 4.79 Å². The van der Waals surface area contributed by atoms with Crippen LogP contribution in [-0.4, -0.2) is 16.2 Å². The Morgan fingerprint density at radius 3 is 1.85 bits per heavy atom. The monoisotopic (exact) mass is 452 g/mol. The minimum absolute atomic E-state index is 0.0117. The lowest BCUT2D eigenvalue weighted by Crippen LogP contribution is -2.36. The summed E-state index contributed by atoms with van der Waals surface area (Å²) in [6, 6.07) is 31.2. The average molecular weight is 453 g/mol. The lowest BCUT2D eigenvalue weighted by Gasteiger charge is -2.46. The van der Waals surface area contributed by atoms with Gasteiger partial charge in [0.2, 0.25) is 0 Å². The van der Waals surface area contributed by atoms with E-state index in [9.17, 15) is 15.0 Å². The maximum atomic E-state index is 12.1. The highest BCUT2D eigenvalue weighted by Gasteiger charge is 2.45. The van der Waals surface area contributed by atoms with Gasteiger partial charge >= 0.3 is 5.97 Å². The van der Waals surface area contributed by atoms with Crippen LogP contribution in [0.3, 0.4) is 0 Å². The Balaban J connectivity index is 1.89. The molecule has 0 aromatic heterocycles. The minimum atomic E-state index is -1.10. The standard InChI is InChI=1S/C31H32O3/c1-22(24-12-6-3-7-13-24)20-28(26-16-10-5-11-17-26)31(23(2)25-14-8-4-9-15-25)19-18-29(32)27(21-31)30(33)34/h3-18,21-23,28,32H,19-20H2,1-2H3,(H,33,34). The first-order valence-corrected chi connectivity index (χ1v) is 11.9. The van der Waals surface area contributed by atoms with E-state index < -0.39 is 11.4 Å². The van der Waals surface area contributed by atoms with Gasteiger partial charge in [0.1, 0.15) is 5.76 Å². The van der Waals surface area contributed by atoms with Gasteiger partial charge in [-0.1, -0.05) is 111 Å². The molecule has 0 spiro atoms. The van der Waals surface area contributed by atoms with Gasteiger partial charge in [-0.15, -0.1) is 0 Å². The highest BCUT2D eigenvalue weighted by Crippen LogP contribution is 2.56. The molecule has 0 fully saturated rings. The second-order valence-electron chi connectivity index (χ2n) is 9.41. The van der Waals surface area contributed by atoms with Gasteiger partial charge in [0.25, 0.3) is 0 Å². The molecule has 0 aliphatic heterocycles. The van der Waals surface area contributed by atoms with Crippen molar-refractivity contribution in [1.82, 2.24) is 0 Å². The molecule has 0 heterocycles. The Kier molecular flexibility index (Phi) is 7.02. The third kappa shape index (κ3) is 4.70. The van der Waals surface area contributed by atoms with Crippen LogP contribution in [0.15, 0.2) is 114 Å². The average Bonchev–Trinajstić information content (AvgIpc) is 2.88. The molecule has 34 heavy (non-hydrogen) atoms. The van der Waals surface area contributed by atoms with Gasteiger partial charge in [0.15, 0.2) is 0 Å². The van der Waals surface area contributed by atoms with Crippen molar-refractivity contribution in [3.63, 3.8) is 0 Å². The van der Waals surface area contributed by atoms with E-state index in [1.807, 2.05) is 48.5 Å². The zero-order valence-corrected chi connectivity index (χ0v) is 19.8. The summed E-state index contributed by atoms with van der Waals surface area (Å²) in [7, 11) is 0. The maximum absolute atomic E-state index is 12.1. The minimum Gasteiger partial charge on any atom is -0.507 e. The molecule has 0 saturated carbocycles. The number of carboxylic acid groups (broad SMARTS) is 1. The fourth-order valence-electron chi connectivity index (χ4n) is 5.48. The van der Waals surface area contributed by atoms with E-state index in [4.69, 9.17) is 0 Å². The SMILES string of the molecule is CC(CC(c1ccccc1)C1(C(C)c2ccccc2)C=C(C(=O)O)C(O)=CC1)c1ccccc1. The molecule has 174 valence electrons. The summed E-state index contributed by atoms with van der Waals surface area (Å²) in [4.78, 5) is 12.1. The van der Waals surface area contributed by atoms with E-state index >= 15 is 0 Å². The second-order valence-corrected chi connectivity index (χ2v) is 9.41. The maximum Gasteiger partial charge on any atom is 0.339 e. The van der Waals surface area contributed by atoms with Crippen molar-refractivity contribution in [3.8, 4) is 0 Å². The smallest absolute Gasteiger partial charge is 0.339 e. The molecule has 0 amide bonds. The van der Waals surface area contributed by atoms with E-state index in [-0.39, 0.29) is 29.1 Å². The van der Waals surface area contributed by atoms with Gasteiger partial charge in [-0.3, -0.25) is 0 Å². The van der Waals surface area contributed by atoms with Gasteiger partial charge < -0.3 is 10.2 Å². The predicted molar refractivity (Wildman–Crippen MR) is 137 cm³/mol. The Morgan fingerprint density at radius 2 is 1.32 bits per heavy atom. The summed E-state index contributed by atoms with van der Waals surface area (Å²) in [5.41, 5.74) is 3.08. The molecular formula is C31H32O3. The Hall–Kier alpha value is -3.59. The fraction of sp³-hybridized carbons (Fsp3) is 0.258. The van der Waals surface area contributed by atoms with E-state index in [0.29, 0.717) is 6.42 Å². The number of aliphatic hydroxyl groups is 1. The molecule has 3 aromatic rings. The molecule has 1 aliphatic carbocycles. The number of carboxylic acids is 1. The largest absolute Gasteiger partial charge is 0.507 e. The molecule has 3 heteroatoms. The summed E-state index contributed by atoms with van der Waals surface area (Å²) in [6.07, 6.45) is 4.96. The number of aliphatic hydroxyl groups excluding tert-OH is 1. The molecule has 4 atom stereocenters.